The van der Waals surface area contributed by atoms with Crippen molar-refractivity contribution in [3.05, 3.63) is 18.3 Å². The number of hydrogen-bond acceptors (Lipinski definition) is 7. The number of hydrazine groups is 1. The molecule has 0 radical (unpaired) electrons. The van der Waals surface area contributed by atoms with Gasteiger partial charge in [0.15, 0.2) is 5.82 Å². The van der Waals surface area contributed by atoms with Gasteiger partial charge >= 0.3 is 0 Å². The Morgan fingerprint density at radius 1 is 1.52 bits per heavy atom. The van der Waals surface area contributed by atoms with Gasteiger partial charge in [-0.1, -0.05) is 0 Å². The second-order valence-corrected chi connectivity index (χ2v) is 7.11. The molecule has 21 heavy (non-hydrogen) atoms. The fourth-order valence-corrected chi connectivity index (χ4v) is 3.64. The summed E-state index contributed by atoms with van der Waals surface area (Å²) in [7, 11) is -2.37. The molecule has 118 valence electrons. The highest BCUT2D eigenvalue weighted by Crippen LogP contribution is 2.26. The molecule has 0 amide bonds. The average molecular weight is 316 g/mol. The molecule has 1 fully saturated rings. The van der Waals surface area contributed by atoms with E-state index in [4.69, 9.17) is 10.6 Å². The third-order valence-electron chi connectivity index (χ3n) is 3.54. The average Bonchev–Trinajstić information content (AvgIpc) is 2.47. The number of nitrogens with one attached hydrogen (secondary N) is 1. The lowest BCUT2D eigenvalue weighted by molar-refractivity contribution is -0.0689. The maximum atomic E-state index is 12.6. The highest BCUT2D eigenvalue weighted by Gasteiger charge is 2.35. The molecule has 1 aromatic heterocycles. The van der Waals surface area contributed by atoms with Crippen LogP contribution < -0.4 is 11.3 Å². The number of anilines is 1. The molecule has 8 nitrogen and oxygen atoms in total. The second kappa shape index (κ2) is 6.24. The normalized spacial score (nSPS) is 18.7. The van der Waals surface area contributed by atoms with Gasteiger partial charge in [-0.25, -0.2) is 19.2 Å². The van der Waals surface area contributed by atoms with Crippen LogP contribution in [0.1, 0.15) is 12.8 Å². The Labute approximate surface area is 123 Å². The Morgan fingerprint density at radius 3 is 2.81 bits per heavy atom. The van der Waals surface area contributed by atoms with Gasteiger partial charge in [0.25, 0.3) is 0 Å². The van der Waals surface area contributed by atoms with Crippen molar-refractivity contribution in [2.75, 3.05) is 32.2 Å². The molecule has 2 heterocycles. The van der Waals surface area contributed by atoms with E-state index in [0.29, 0.717) is 26.1 Å². The van der Waals surface area contributed by atoms with Crippen molar-refractivity contribution in [3.63, 3.8) is 0 Å². The number of aliphatic hydroxyl groups is 1. The summed E-state index contributed by atoms with van der Waals surface area (Å²) in [6, 6.07) is 2.94. The minimum Gasteiger partial charge on any atom is -0.388 e. The minimum atomic E-state index is -3.79. The van der Waals surface area contributed by atoms with E-state index >= 15 is 0 Å². The van der Waals surface area contributed by atoms with E-state index in [9.17, 15) is 13.5 Å². The van der Waals surface area contributed by atoms with E-state index in [2.05, 4.69) is 10.4 Å². The highest BCUT2D eigenvalue weighted by molar-refractivity contribution is 7.89. The van der Waals surface area contributed by atoms with Crippen molar-refractivity contribution >= 4 is 15.8 Å². The molecule has 1 saturated heterocycles. The lowest BCUT2D eigenvalue weighted by atomic mass is 9.95. The molecule has 9 heteroatoms. The van der Waals surface area contributed by atoms with E-state index in [1.807, 2.05) is 0 Å². The largest absolute Gasteiger partial charge is 0.388 e. The molecule has 1 aliphatic heterocycles. The standard InChI is InChI=1S/C12H20N4O4S/c1-16(9-12(17)4-7-20-8-5-12)21(18,19)10-3-2-6-14-11(10)15-13/h2-3,6,17H,4-5,7-9,13H2,1H3,(H,14,15). The van der Waals surface area contributed by atoms with Crippen LogP contribution in [0.5, 0.6) is 0 Å². The monoisotopic (exact) mass is 316 g/mol. The Balaban J connectivity index is 2.22. The molecule has 1 aliphatic rings. The number of pyridine rings is 1. The molecule has 2 rings (SSSR count). The van der Waals surface area contributed by atoms with Crippen LogP contribution in [0.25, 0.3) is 0 Å². The van der Waals surface area contributed by atoms with E-state index < -0.39 is 15.6 Å². The number of nitrogens with zero attached hydrogens (tertiary/aromatic N) is 2. The van der Waals surface area contributed by atoms with Crippen LogP contribution in [0.2, 0.25) is 0 Å². The van der Waals surface area contributed by atoms with Gasteiger partial charge < -0.3 is 15.3 Å². The SMILES string of the molecule is CN(CC1(O)CCOCC1)S(=O)(=O)c1cccnc1NN. The molecule has 0 atom stereocenters. The number of aromatic nitrogens is 1. The molecule has 0 bridgehead atoms. The van der Waals surface area contributed by atoms with Crippen molar-refractivity contribution in [1.29, 1.82) is 0 Å². The molecule has 0 unspecified atom stereocenters. The maximum absolute atomic E-state index is 12.6. The van der Waals surface area contributed by atoms with Crippen molar-refractivity contribution in [1.82, 2.24) is 9.29 Å². The summed E-state index contributed by atoms with van der Waals surface area (Å²) >= 11 is 0. The number of hydrogen-bond donors (Lipinski definition) is 3. The summed E-state index contributed by atoms with van der Waals surface area (Å²) in [5, 5.41) is 10.4. The second-order valence-electron chi connectivity index (χ2n) is 5.09. The lowest BCUT2D eigenvalue weighted by Crippen LogP contribution is -2.47. The number of nitrogens with two attached hydrogens (primary N) is 1. The molecular weight excluding hydrogens is 296 g/mol. The Hall–Kier alpha value is -1.26. The summed E-state index contributed by atoms with van der Waals surface area (Å²) in [4.78, 5) is 3.86. The van der Waals surface area contributed by atoms with Gasteiger partial charge in [-0.3, -0.25) is 0 Å². The molecule has 0 aliphatic carbocycles. The third kappa shape index (κ3) is 3.50. The number of ether oxygens (including phenoxy) is 1. The first kappa shape index (κ1) is 16.1. The van der Waals surface area contributed by atoms with Crippen LogP contribution in [0, 0.1) is 0 Å². The van der Waals surface area contributed by atoms with Gasteiger partial charge in [0.1, 0.15) is 4.90 Å². The molecule has 0 spiro atoms. The predicted molar refractivity (Wildman–Crippen MR) is 76.9 cm³/mol. The summed E-state index contributed by atoms with van der Waals surface area (Å²) in [5.41, 5.74) is 1.20. The Kier molecular flexibility index (Phi) is 4.79. The van der Waals surface area contributed by atoms with Crippen LogP contribution >= 0.6 is 0 Å². The smallest absolute Gasteiger partial charge is 0.246 e. The van der Waals surface area contributed by atoms with E-state index in [1.165, 1.54) is 25.4 Å². The zero-order valence-corrected chi connectivity index (χ0v) is 12.6. The number of likely N-dealkylation sites (N-methyl/N-ethyl adjacent to an activating group) is 1. The van der Waals surface area contributed by atoms with Crippen LogP contribution in [0.15, 0.2) is 23.2 Å². The van der Waals surface area contributed by atoms with Gasteiger partial charge in [-0.2, -0.15) is 4.31 Å². The molecular formula is C12H20N4O4S. The zero-order chi connectivity index (χ0) is 15.5. The molecule has 0 aromatic carbocycles. The van der Waals surface area contributed by atoms with Crippen molar-refractivity contribution in [3.8, 4) is 0 Å². The summed E-state index contributed by atoms with van der Waals surface area (Å²) in [5.74, 6) is 5.37. The van der Waals surface area contributed by atoms with E-state index in [1.54, 1.807) is 0 Å². The van der Waals surface area contributed by atoms with Crippen molar-refractivity contribution in [2.45, 2.75) is 23.3 Å². The first-order valence-corrected chi connectivity index (χ1v) is 8.01. The van der Waals surface area contributed by atoms with Gasteiger partial charge in [-0.05, 0) is 12.1 Å². The van der Waals surface area contributed by atoms with Crippen molar-refractivity contribution in [2.24, 2.45) is 5.84 Å². The van der Waals surface area contributed by atoms with Crippen LogP contribution in [-0.2, 0) is 14.8 Å². The Bertz CT molecular complexity index is 587. The highest BCUT2D eigenvalue weighted by atomic mass is 32.2. The van der Waals surface area contributed by atoms with E-state index in [0.717, 1.165) is 4.31 Å². The molecule has 0 saturated carbocycles. The summed E-state index contributed by atoms with van der Waals surface area (Å²) in [6.07, 6.45) is 2.25. The van der Waals surface area contributed by atoms with Crippen LogP contribution in [0.4, 0.5) is 5.82 Å². The lowest BCUT2D eigenvalue weighted by Gasteiger charge is -2.35. The zero-order valence-electron chi connectivity index (χ0n) is 11.8. The van der Waals surface area contributed by atoms with Gasteiger partial charge in [0.2, 0.25) is 10.0 Å². The van der Waals surface area contributed by atoms with E-state index in [-0.39, 0.29) is 17.3 Å². The van der Waals surface area contributed by atoms with Gasteiger partial charge in [0, 0.05) is 45.8 Å². The predicted octanol–water partition coefficient (Wildman–Crippen LogP) is -0.471. The topological polar surface area (TPSA) is 118 Å². The summed E-state index contributed by atoms with van der Waals surface area (Å²) in [6.45, 7) is 0.845. The maximum Gasteiger partial charge on any atom is 0.246 e. The third-order valence-corrected chi connectivity index (χ3v) is 5.37. The quantitative estimate of drug-likeness (QED) is 0.496. The first-order valence-electron chi connectivity index (χ1n) is 6.57. The molecule has 4 N–H and O–H groups in total. The Morgan fingerprint density at radius 2 is 2.19 bits per heavy atom. The fraction of sp³-hybridized carbons (Fsp3) is 0.583. The minimum absolute atomic E-state index is 0.00238. The van der Waals surface area contributed by atoms with Gasteiger partial charge in [0.05, 0.1) is 5.60 Å². The van der Waals surface area contributed by atoms with Gasteiger partial charge in [-0.15, -0.1) is 0 Å². The van der Waals surface area contributed by atoms with Crippen LogP contribution in [0.3, 0.4) is 0 Å². The first-order chi connectivity index (χ1) is 9.89. The van der Waals surface area contributed by atoms with Crippen LogP contribution in [-0.4, -0.2) is 55.2 Å². The number of sulfonamides is 1. The molecule has 1 aromatic rings. The number of nitrogen functional groups attached to an aromatic ring is 1. The summed E-state index contributed by atoms with van der Waals surface area (Å²) < 4.78 is 31.5. The number of rotatable bonds is 5. The van der Waals surface area contributed by atoms with Crippen molar-refractivity contribution < 1.29 is 18.3 Å². The fourth-order valence-electron chi connectivity index (χ4n) is 2.28.